The summed E-state index contributed by atoms with van der Waals surface area (Å²) < 4.78 is 0.919. The van der Waals surface area contributed by atoms with E-state index in [2.05, 4.69) is 9.97 Å². The number of rotatable bonds is 4. The Balaban J connectivity index is 2.62. The third-order valence-electron chi connectivity index (χ3n) is 2.27. The molecule has 11 nitrogen and oxygen atoms in total. The van der Waals surface area contributed by atoms with E-state index in [9.17, 15) is 25.0 Å². The molecule has 0 aromatic carbocycles. The number of hydrogen-bond acceptors (Lipinski definition) is 7. The van der Waals surface area contributed by atoms with E-state index >= 15 is 0 Å². The summed E-state index contributed by atoms with van der Waals surface area (Å²) in [7, 11) is 0. The van der Waals surface area contributed by atoms with Gasteiger partial charge < -0.3 is 15.2 Å². The normalized spacial score (nSPS) is 10.2. The van der Waals surface area contributed by atoms with Gasteiger partial charge in [-0.15, -0.1) is 0 Å². The van der Waals surface area contributed by atoms with Crippen LogP contribution in [0.2, 0.25) is 0 Å². The maximum Gasteiger partial charge on any atom is 0.381 e. The molecule has 102 valence electrons. The molecule has 0 bridgehead atoms. The Bertz CT molecular complexity index is 723. The molecule has 2 aromatic rings. The number of nitrogens with zero attached hydrogens (tertiary/aromatic N) is 5. The summed E-state index contributed by atoms with van der Waals surface area (Å²) in [6.45, 7) is 0. The number of aromatic nitrogens is 3. The van der Waals surface area contributed by atoms with E-state index in [4.69, 9.17) is 5.11 Å². The number of hydrogen-bond donors (Lipinski definition) is 1. The van der Waals surface area contributed by atoms with Gasteiger partial charge in [-0.2, -0.15) is 0 Å². The largest absolute Gasteiger partial charge is 0.477 e. The molecule has 2 aromatic heterocycles. The highest BCUT2D eigenvalue weighted by Gasteiger charge is 2.22. The Hall–Kier alpha value is -3.37. The van der Waals surface area contributed by atoms with Crippen LogP contribution in [0.4, 0.5) is 11.5 Å². The Morgan fingerprint density at radius 2 is 1.95 bits per heavy atom. The first-order chi connectivity index (χ1) is 9.40. The van der Waals surface area contributed by atoms with Gasteiger partial charge in [-0.05, 0) is 16.0 Å². The topological polar surface area (TPSA) is 154 Å². The first-order valence-electron chi connectivity index (χ1n) is 4.97. The van der Waals surface area contributed by atoms with Crippen LogP contribution in [0.15, 0.2) is 24.7 Å². The first kappa shape index (κ1) is 13.1. The van der Waals surface area contributed by atoms with Gasteiger partial charge in [0.1, 0.15) is 6.20 Å². The van der Waals surface area contributed by atoms with Crippen LogP contribution in [0.5, 0.6) is 0 Å². The molecule has 0 unspecified atom stereocenters. The zero-order valence-electron chi connectivity index (χ0n) is 9.53. The van der Waals surface area contributed by atoms with Gasteiger partial charge in [-0.3, -0.25) is 14.7 Å². The number of nitro groups is 2. The van der Waals surface area contributed by atoms with Crippen LogP contribution in [0.1, 0.15) is 10.5 Å². The monoisotopic (exact) mass is 279 g/mol. The number of carboxylic acids is 1. The fraction of sp³-hybridized carbons (Fsp3) is 0. The van der Waals surface area contributed by atoms with Gasteiger partial charge in [-0.25, -0.2) is 9.78 Å². The average molecular weight is 279 g/mol. The quantitative estimate of drug-likeness (QED) is 0.635. The molecular formula is C9H5N5O6. The molecule has 11 heteroatoms. The Morgan fingerprint density at radius 3 is 2.45 bits per heavy atom. The van der Waals surface area contributed by atoms with Crippen LogP contribution in [-0.4, -0.2) is 35.5 Å². The van der Waals surface area contributed by atoms with Gasteiger partial charge in [0.25, 0.3) is 0 Å². The van der Waals surface area contributed by atoms with Gasteiger partial charge >= 0.3 is 17.5 Å². The van der Waals surface area contributed by atoms with E-state index in [0.717, 1.165) is 29.2 Å². The number of pyridine rings is 1. The molecule has 0 aliphatic rings. The fourth-order valence-corrected chi connectivity index (χ4v) is 1.42. The molecule has 0 atom stereocenters. The van der Waals surface area contributed by atoms with Crippen molar-refractivity contribution in [2.45, 2.75) is 0 Å². The summed E-state index contributed by atoms with van der Waals surface area (Å²) in [6.07, 6.45) is 1.85. The van der Waals surface area contributed by atoms with Crippen molar-refractivity contribution in [3.8, 4) is 5.82 Å². The summed E-state index contributed by atoms with van der Waals surface area (Å²) in [5.74, 6) is -2.28. The van der Waals surface area contributed by atoms with Crippen molar-refractivity contribution in [1.29, 1.82) is 0 Å². The molecule has 0 aliphatic heterocycles. The number of imidazole rings is 1. The summed E-state index contributed by atoms with van der Waals surface area (Å²) in [5, 5.41) is 30.2. The summed E-state index contributed by atoms with van der Waals surface area (Å²) >= 11 is 0. The van der Waals surface area contributed by atoms with Gasteiger partial charge in [0, 0.05) is 6.07 Å². The lowest BCUT2D eigenvalue weighted by molar-refractivity contribution is -0.389. The highest BCUT2D eigenvalue weighted by Crippen LogP contribution is 2.22. The van der Waals surface area contributed by atoms with Crippen molar-refractivity contribution >= 4 is 17.5 Å². The van der Waals surface area contributed by atoms with Crippen molar-refractivity contribution in [1.82, 2.24) is 14.5 Å². The predicted octanol–water partition coefficient (Wildman–Crippen LogP) is 0.782. The number of carboxylic acid groups (broad SMARTS) is 1. The van der Waals surface area contributed by atoms with Crippen molar-refractivity contribution in [3.05, 3.63) is 50.6 Å². The maximum atomic E-state index is 10.9. The SMILES string of the molecule is O=C(O)c1ccc([N+](=O)[O-])c(-n2cnc([N+](=O)[O-])c2)n1. The van der Waals surface area contributed by atoms with Crippen LogP contribution < -0.4 is 0 Å². The van der Waals surface area contributed by atoms with E-state index in [1.54, 1.807) is 0 Å². The molecule has 2 rings (SSSR count). The third-order valence-corrected chi connectivity index (χ3v) is 2.27. The van der Waals surface area contributed by atoms with E-state index in [1.807, 2.05) is 0 Å². The Kier molecular flexibility index (Phi) is 3.08. The van der Waals surface area contributed by atoms with Gasteiger partial charge in [0.15, 0.2) is 5.69 Å². The van der Waals surface area contributed by atoms with Crippen LogP contribution >= 0.6 is 0 Å². The number of carbonyl (C=O) groups is 1. The van der Waals surface area contributed by atoms with Crippen molar-refractivity contribution < 1.29 is 19.7 Å². The summed E-state index contributed by atoms with van der Waals surface area (Å²) in [4.78, 5) is 37.7. The molecule has 0 spiro atoms. The molecule has 0 saturated carbocycles. The molecule has 0 aliphatic carbocycles. The molecule has 20 heavy (non-hydrogen) atoms. The summed E-state index contributed by atoms with van der Waals surface area (Å²) in [5.41, 5.74) is -0.927. The molecule has 0 amide bonds. The Morgan fingerprint density at radius 1 is 1.25 bits per heavy atom. The van der Waals surface area contributed by atoms with E-state index in [0.29, 0.717) is 0 Å². The smallest absolute Gasteiger partial charge is 0.381 e. The molecule has 1 N–H and O–H groups in total. The van der Waals surface area contributed by atoms with Gasteiger partial charge in [0.05, 0.1) is 4.92 Å². The van der Waals surface area contributed by atoms with Gasteiger partial charge in [0.2, 0.25) is 12.1 Å². The van der Waals surface area contributed by atoms with Crippen LogP contribution in [0, 0.1) is 20.2 Å². The molecule has 0 fully saturated rings. The fourth-order valence-electron chi connectivity index (χ4n) is 1.42. The zero-order chi connectivity index (χ0) is 14.9. The van der Waals surface area contributed by atoms with E-state index in [1.165, 1.54) is 0 Å². The first-order valence-corrected chi connectivity index (χ1v) is 4.97. The number of aromatic carboxylic acids is 1. The summed E-state index contributed by atoms with van der Waals surface area (Å²) in [6, 6.07) is 1.92. The van der Waals surface area contributed by atoms with Crippen molar-refractivity contribution in [2.24, 2.45) is 0 Å². The standard InChI is InChI=1S/C9H5N5O6/c15-9(16)5-1-2-6(13(17)18)8(11-5)12-3-7(10-4-12)14(19)20/h1-4H,(H,15,16). The highest BCUT2D eigenvalue weighted by atomic mass is 16.6. The molecular weight excluding hydrogens is 274 g/mol. The van der Waals surface area contributed by atoms with Crippen LogP contribution in [0.3, 0.4) is 0 Å². The van der Waals surface area contributed by atoms with Crippen LogP contribution in [0.25, 0.3) is 5.82 Å². The average Bonchev–Trinajstić information content (AvgIpc) is 2.87. The minimum absolute atomic E-state index is 0.365. The van der Waals surface area contributed by atoms with Crippen molar-refractivity contribution in [3.63, 3.8) is 0 Å². The molecule has 0 saturated heterocycles. The van der Waals surface area contributed by atoms with E-state index < -0.39 is 33.0 Å². The lowest BCUT2D eigenvalue weighted by atomic mass is 10.3. The zero-order valence-corrected chi connectivity index (χ0v) is 9.53. The lowest BCUT2D eigenvalue weighted by Crippen LogP contribution is -2.07. The second kappa shape index (κ2) is 4.72. The third kappa shape index (κ3) is 2.27. The molecule has 0 radical (unpaired) electrons. The lowest BCUT2D eigenvalue weighted by Gasteiger charge is -2.02. The van der Waals surface area contributed by atoms with E-state index in [-0.39, 0.29) is 5.82 Å². The van der Waals surface area contributed by atoms with Crippen LogP contribution in [-0.2, 0) is 0 Å². The minimum Gasteiger partial charge on any atom is -0.477 e. The second-order valence-corrected chi connectivity index (χ2v) is 3.50. The maximum absolute atomic E-state index is 10.9. The molecule has 2 heterocycles. The van der Waals surface area contributed by atoms with Gasteiger partial charge in [-0.1, -0.05) is 0 Å². The van der Waals surface area contributed by atoms with Crippen molar-refractivity contribution in [2.75, 3.05) is 0 Å². The highest BCUT2D eigenvalue weighted by molar-refractivity contribution is 5.86. The Labute approximate surface area is 109 Å². The second-order valence-electron chi connectivity index (χ2n) is 3.50. The predicted molar refractivity (Wildman–Crippen MR) is 61.6 cm³/mol. The minimum atomic E-state index is -1.38.